The number of benzene rings is 3. The first-order chi connectivity index (χ1) is 14.0. The van der Waals surface area contributed by atoms with E-state index in [1.54, 1.807) is 24.3 Å². The molecule has 0 aliphatic heterocycles. The number of rotatable bonds is 7. The predicted octanol–water partition coefficient (Wildman–Crippen LogP) is 4.52. The summed E-state index contributed by atoms with van der Waals surface area (Å²) in [5.74, 6) is -1.41. The van der Waals surface area contributed by atoms with Gasteiger partial charge in [-0.25, -0.2) is 8.78 Å². The molecule has 3 aromatic carbocycles. The SMILES string of the molecule is O=C(CCNC(=O)c1ccc(F)cc1F)Nc1ccc(Oc2ccccc2)cc1. The standard InChI is InChI=1S/C22H18F2N2O3/c23-15-6-11-19(20(24)14-15)22(28)25-13-12-21(27)26-16-7-9-18(10-8-16)29-17-4-2-1-3-5-17/h1-11,14H,12-13H2,(H,25,28)(H,26,27). The van der Waals surface area contributed by atoms with Crippen molar-refractivity contribution in [3.63, 3.8) is 0 Å². The van der Waals surface area contributed by atoms with Crippen LogP contribution in [0.5, 0.6) is 11.5 Å². The molecule has 0 unspecified atom stereocenters. The van der Waals surface area contributed by atoms with Gasteiger partial charge >= 0.3 is 0 Å². The molecule has 0 aromatic heterocycles. The second kappa shape index (κ2) is 9.45. The smallest absolute Gasteiger partial charge is 0.254 e. The molecule has 0 heterocycles. The normalized spacial score (nSPS) is 10.3. The molecular formula is C22H18F2N2O3. The number of halogens is 2. The maximum atomic E-state index is 13.6. The van der Waals surface area contributed by atoms with Crippen molar-refractivity contribution in [2.24, 2.45) is 0 Å². The maximum absolute atomic E-state index is 13.6. The van der Waals surface area contributed by atoms with E-state index in [1.807, 2.05) is 30.3 Å². The van der Waals surface area contributed by atoms with E-state index in [2.05, 4.69) is 10.6 Å². The van der Waals surface area contributed by atoms with Gasteiger partial charge in [-0.05, 0) is 48.5 Å². The van der Waals surface area contributed by atoms with Gasteiger partial charge in [-0.15, -0.1) is 0 Å². The van der Waals surface area contributed by atoms with Crippen LogP contribution in [-0.2, 0) is 4.79 Å². The number of amides is 2. The van der Waals surface area contributed by atoms with Gasteiger partial charge in [-0.1, -0.05) is 18.2 Å². The van der Waals surface area contributed by atoms with Gasteiger partial charge in [0, 0.05) is 24.7 Å². The molecule has 29 heavy (non-hydrogen) atoms. The molecule has 0 saturated carbocycles. The summed E-state index contributed by atoms with van der Waals surface area (Å²) in [5, 5.41) is 5.13. The van der Waals surface area contributed by atoms with Crippen LogP contribution in [0.15, 0.2) is 72.8 Å². The van der Waals surface area contributed by atoms with Crippen molar-refractivity contribution in [3.8, 4) is 11.5 Å². The summed E-state index contributed by atoms with van der Waals surface area (Å²) >= 11 is 0. The van der Waals surface area contributed by atoms with Crippen LogP contribution >= 0.6 is 0 Å². The van der Waals surface area contributed by atoms with Gasteiger partial charge in [0.1, 0.15) is 23.1 Å². The molecule has 3 aromatic rings. The van der Waals surface area contributed by atoms with Gasteiger partial charge in [-0.2, -0.15) is 0 Å². The van der Waals surface area contributed by atoms with E-state index in [4.69, 9.17) is 4.74 Å². The van der Waals surface area contributed by atoms with Crippen LogP contribution in [0.25, 0.3) is 0 Å². The van der Waals surface area contributed by atoms with Crippen LogP contribution in [0.2, 0.25) is 0 Å². The molecular weight excluding hydrogens is 378 g/mol. The minimum atomic E-state index is -0.954. The zero-order chi connectivity index (χ0) is 20.6. The van der Waals surface area contributed by atoms with Gasteiger partial charge in [0.25, 0.3) is 5.91 Å². The lowest BCUT2D eigenvalue weighted by molar-refractivity contribution is -0.116. The average Bonchev–Trinajstić information content (AvgIpc) is 2.70. The highest BCUT2D eigenvalue weighted by Crippen LogP contribution is 2.22. The molecule has 0 saturated heterocycles. The molecule has 148 valence electrons. The van der Waals surface area contributed by atoms with Crippen molar-refractivity contribution < 1.29 is 23.1 Å². The van der Waals surface area contributed by atoms with Crippen LogP contribution in [0.1, 0.15) is 16.8 Å². The van der Waals surface area contributed by atoms with Gasteiger partial charge in [0.05, 0.1) is 5.56 Å². The highest BCUT2D eigenvalue weighted by atomic mass is 19.1. The minimum Gasteiger partial charge on any atom is -0.457 e. The third kappa shape index (κ3) is 5.87. The van der Waals surface area contributed by atoms with Gasteiger partial charge in [0.15, 0.2) is 0 Å². The topological polar surface area (TPSA) is 67.4 Å². The van der Waals surface area contributed by atoms with Crippen LogP contribution in [0.4, 0.5) is 14.5 Å². The largest absolute Gasteiger partial charge is 0.457 e. The van der Waals surface area contributed by atoms with E-state index in [-0.39, 0.29) is 24.4 Å². The number of carbonyl (C=O) groups is 2. The molecule has 0 atom stereocenters. The third-order valence-corrected chi connectivity index (χ3v) is 3.93. The molecule has 0 fully saturated rings. The van der Waals surface area contributed by atoms with Crippen molar-refractivity contribution >= 4 is 17.5 Å². The fourth-order valence-corrected chi connectivity index (χ4v) is 2.51. The summed E-state index contributed by atoms with van der Waals surface area (Å²) in [6.07, 6.45) is -0.00315. The monoisotopic (exact) mass is 396 g/mol. The molecule has 0 spiro atoms. The van der Waals surface area contributed by atoms with E-state index in [0.717, 1.165) is 12.1 Å². The first-order valence-electron chi connectivity index (χ1n) is 8.87. The molecule has 0 aliphatic rings. The summed E-state index contributed by atoms with van der Waals surface area (Å²) < 4.78 is 32.1. The van der Waals surface area contributed by atoms with Crippen molar-refractivity contribution in [2.75, 3.05) is 11.9 Å². The van der Waals surface area contributed by atoms with Crippen LogP contribution < -0.4 is 15.4 Å². The van der Waals surface area contributed by atoms with E-state index in [0.29, 0.717) is 23.3 Å². The lowest BCUT2D eigenvalue weighted by Gasteiger charge is -2.09. The fraction of sp³-hybridized carbons (Fsp3) is 0.0909. The number of ether oxygens (including phenoxy) is 1. The van der Waals surface area contributed by atoms with Gasteiger partial charge in [-0.3, -0.25) is 9.59 Å². The van der Waals surface area contributed by atoms with E-state index in [1.165, 1.54) is 0 Å². The third-order valence-electron chi connectivity index (χ3n) is 3.93. The first kappa shape index (κ1) is 20.0. The lowest BCUT2D eigenvalue weighted by Crippen LogP contribution is -2.28. The maximum Gasteiger partial charge on any atom is 0.254 e. The molecule has 0 aliphatic carbocycles. The molecule has 0 radical (unpaired) electrons. The number of hydrogen-bond donors (Lipinski definition) is 2. The predicted molar refractivity (Wildman–Crippen MR) is 105 cm³/mol. The molecule has 0 bridgehead atoms. The summed E-state index contributed by atoms with van der Waals surface area (Å²) in [6.45, 7) is 0.0106. The molecule has 3 rings (SSSR count). The van der Waals surface area contributed by atoms with E-state index >= 15 is 0 Å². The fourth-order valence-electron chi connectivity index (χ4n) is 2.51. The Labute approximate surface area is 166 Å². The van der Waals surface area contributed by atoms with Crippen LogP contribution in [-0.4, -0.2) is 18.4 Å². The number of nitrogens with one attached hydrogen (secondary N) is 2. The van der Waals surface area contributed by atoms with Gasteiger partial charge in [0.2, 0.25) is 5.91 Å². The van der Waals surface area contributed by atoms with Crippen molar-refractivity contribution in [1.82, 2.24) is 5.32 Å². The Morgan fingerprint density at radius 3 is 2.24 bits per heavy atom. The molecule has 2 N–H and O–H groups in total. The molecule has 7 heteroatoms. The van der Waals surface area contributed by atoms with Gasteiger partial charge < -0.3 is 15.4 Å². The van der Waals surface area contributed by atoms with Crippen LogP contribution in [0, 0.1) is 11.6 Å². The Morgan fingerprint density at radius 1 is 0.862 bits per heavy atom. The quantitative estimate of drug-likeness (QED) is 0.617. The Balaban J connectivity index is 1.45. The lowest BCUT2D eigenvalue weighted by atomic mass is 10.2. The summed E-state index contributed by atoms with van der Waals surface area (Å²) in [4.78, 5) is 23.9. The van der Waals surface area contributed by atoms with Crippen LogP contribution in [0.3, 0.4) is 0 Å². The summed E-state index contributed by atoms with van der Waals surface area (Å²) in [5.41, 5.74) is 0.298. The zero-order valence-electron chi connectivity index (χ0n) is 15.3. The Morgan fingerprint density at radius 2 is 1.55 bits per heavy atom. The average molecular weight is 396 g/mol. The Hall–Kier alpha value is -3.74. The van der Waals surface area contributed by atoms with Crippen molar-refractivity contribution in [1.29, 1.82) is 0 Å². The second-order valence-electron chi connectivity index (χ2n) is 6.12. The summed E-state index contributed by atoms with van der Waals surface area (Å²) in [7, 11) is 0. The number of anilines is 1. The number of para-hydroxylation sites is 1. The molecule has 5 nitrogen and oxygen atoms in total. The first-order valence-corrected chi connectivity index (χ1v) is 8.87. The Bertz CT molecular complexity index is 993. The second-order valence-corrected chi connectivity index (χ2v) is 6.12. The van der Waals surface area contributed by atoms with Crippen molar-refractivity contribution in [3.05, 3.63) is 90.0 Å². The number of carbonyl (C=O) groups excluding carboxylic acids is 2. The minimum absolute atomic E-state index is 0.00315. The summed E-state index contributed by atoms with van der Waals surface area (Å²) in [6, 6.07) is 18.8. The number of hydrogen-bond acceptors (Lipinski definition) is 3. The highest BCUT2D eigenvalue weighted by molar-refractivity contribution is 5.95. The van der Waals surface area contributed by atoms with E-state index in [9.17, 15) is 18.4 Å². The van der Waals surface area contributed by atoms with Crippen molar-refractivity contribution in [2.45, 2.75) is 6.42 Å². The molecule has 2 amide bonds. The highest BCUT2D eigenvalue weighted by Gasteiger charge is 2.12. The zero-order valence-corrected chi connectivity index (χ0v) is 15.3. The van der Waals surface area contributed by atoms with E-state index < -0.39 is 17.5 Å². The Kier molecular flexibility index (Phi) is 6.52.